The van der Waals surface area contributed by atoms with E-state index in [4.69, 9.17) is 14.2 Å². The number of aromatic nitrogens is 1. The summed E-state index contributed by atoms with van der Waals surface area (Å²) in [6.45, 7) is 1.13. The van der Waals surface area contributed by atoms with E-state index < -0.39 is 0 Å². The maximum Gasteiger partial charge on any atom is 0.257 e. The topological polar surface area (TPSA) is 69.7 Å². The Morgan fingerprint density at radius 3 is 2.66 bits per heavy atom. The number of carbonyl (C=O) groups is 1. The van der Waals surface area contributed by atoms with E-state index >= 15 is 0 Å². The molecule has 0 fully saturated rings. The number of nitrogens with one attached hydrogen (secondary N) is 1. The van der Waals surface area contributed by atoms with Crippen molar-refractivity contribution in [1.29, 1.82) is 0 Å². The highest BCUT2D eigenvalue weighted by molar-refractivity contribution is 5.77. The average Bonchev–Trinajstić information content (AvgIpc) is 2.78. The Hall–Kier alpha value is -3.54. The molecule has 1 amide bonds. The third-order valence-electron chi connectivity index (χ3n) is 4.60. The van der Waals surface area contributed by atoms with Gasteiger partial charge in [0.05, 0.1) is 6.61 Å². The first-order valence-electron chi connectivity index (χ1n) is 9.55. The maximum absolute atomic E-state index is 12.1. The van der Waals surface area contributed by atoms with Crippen LogP contribution in [-0.2, 0) is 11.2 Å². The number of para-hydroxylation sites is 1. The number of benzene rings is 2. The molecule has 1 N–H and O–H groups in total. The lowest BCUT2D eigenvalue weighted by molar-refractivity contribution is -0.123. The fourth-order valence-electron chi connectivity index (χ4n) is 3.11. The van der Waals surface area contributed by atoms with E-state index in [-0.39, 0.29) is 18.4 Å². The van der Waals surface area contributed by atoms with Gasteiger partial charge in [0.15, 0.2) is 6.61 Å². The van der Waals surface area contributed by atoms with Crippen molar-refractivity contribution < 1.29 is 19.0 Å². The standard InChI is InChI=1S/C23H22N2O4/c26-22(25-14-17-13-18-5-1-2-6-21(18)28-15-17)16-27-19-8-10-20(11-9-19)29-23-7-3-4-12-24-23/h1-12,17H,13-16H2,(H,25,26)/t17-/m0/s1. The number of nitrogens with zero attached hydrogens (tertiary/aromatic N) is 1. The van der Waals surface area contributed by atoms with Crippen molar-refractivity contribution in [3.63, 3.8) is 0 Å². The van der Waals surface area contributed by atoms with Gasteiger partial charge in [0.1, 0.15) is 17.2 Å². The summed E-state index contributed by atoms with van der Waals surface area (Å²) in [4.78, 5) is 16.2. The second-order valence-corrected chi connectivity index (χ2v) is 6.82. The molecule has 1 aliphatic rings. The SMILES string of the molecule is O=C(COc1ccc(Oc2ccccn2)cc1)NC[C@H]1COc2ccccc2C1. The van der Waals surface area contributed by atoms with Gasteiger partial charge in [-0.3, -0.25) is 4.79 Å². The predicted molar refractivity (Wildman–Crippen MR) is 108 cm³/mol. The number of amides is 1. The molecule has 0 unspecified atom stereocenters. The molecular weight excluding hydrogens is 368 g/mol. The van der Waals surface area contributed by atoms with Crippen LogP contribution in [0.4, 0.5) is 0 Å². The molecule has 6 heteroatoms. The molecule has 6 nitrogen and oxygen atoms in total. The van der Waals surface area contributed by atoms with E-state index in [1.54, 1.807) is 36.5 Å². The van der Waals surface area contributed by atoms with Crippen LogP contribution in [0.5, 0.6) is 23.1 Å². The number of hydrogen-bond donors (Lipinski definition) is 1. The first-order valence-corrected chi connectivity index (χ1v) is 9.55. The van der Waals surface area contributed by atoms with E-state index in [0.29, 0.717) is 30.5 Å². The number of ether oxygens (including phenoxy) is 3. The molecule has 2 heterocycles. The molecule has 0 saturated heterocycles. The lowest BCUT2D eigenvalue weighted by Crippen LogP contribution is -2.37. The molecule has 0 radical (unpaired) electrons. The number of rotatable bonds is 7. The van der Waals surface area contributed by atoms with Crippen molar-refractivity contribution in [2.24, 2.45) is 5.92 Å². The maximum atomic E-state index is 12.1. The van der Waals surface area contributed by atoms with Gasteiger partial charge >= 0.3 is 0 Å². The monoisotopic (exact) mass is 390 g/mol. The van der Waals surface area contributed by atoms with E-state index in [2.05, 4.69) is 16.4 Å². The van der Waals surface area contributed by atoms with Crippen molar-refractivity contribution in [3.8, 4) is 23.1 Å². The van der Waals surface area contributed by atoms with E-state index in [9.17, 15) is 4.79 Å². The molecule has 1 aliphatic heterocycles. The summed E-state index contributed by atoms with van der Waals surface area (Å²) in [5, 5.41) is 2.92. The molecule has 148 valence electrons. The highest BCUT2D eigenvalue weighted by Gasteiger charge is 2.20. The van der Waals surface area contributed by atoms with E-state index in [1.165, 1.54) is 5.56 Å². The molecule has 0 spiro atoms. The first-order chi connectivity index (χ1) is 14.3. The summed E-state index contributed by atoms with van der Waals surface area (Å²) in [7, 11) is 0. The zero-order valence-corrected chi connectivity index (χ0v) is 15.9. The van der Waals surface area contributed by atoms with Crippen molar-refractivity contribution in [2.75, 3.05) is 19.8 Å². The average molecular weight is 390 g/mol. The van der Waals surface area contributed by atoms with Crippen LogP contribution < -0.4 is 19.5 Å². The molecule has 1 atom stereocenters. The minimum atomic E-state index is -0.155. The number of pyridine rings is 1. The summed E-state index contributed by atoms with van der Waals surface area (Å²) < 4.78 is 16.9. The Balaban J connectivity index is 1.20. The molecule has 2 aromatic carbocycles. The van der Waals surface area contributed by atoms with Gasteiger partial charge in [-0.25, -0.2) is 4.98 Å². The smallest absolute Gasteiger partial charge is 0.257 e. The summed E-state index contributed by atoms with van der Waals surface area (Å²) in [5.74, 6) is 2.82. The highest BCUT2D eigenvalue weighted by atomic mass is 16.5. The normalized spacial score (nSPS) is 15.0. The van der Waals surface area contributed by atoms with Gasteiger partial charge in [-0.05, 0) is 48.4 Å². The largest absolute Gasteiger partial charge is 0.493 e. The van der Waals surface area contributed by atoms with E-state index in [1.807, 2.05) is 30.3 Å². The Kier molecular flexibility index (Phi) is 5.90. The first kappa shape index (κ1) is 18.8. The van der Waals surface area contributed by atoms with Gasteiger partial charge in [0.25, 0.3) is 5.91 Å². The Morgan fingerprint density at radius 1 is 1.03 bits per heavy atom. The van der Waals surface area contributed by atoms with Crippen molar-refractivity contribution >= 4 is 5.91 Å². The zero-order chi connectivity index (χ0) is 19.9. The Labute approximate surface area is 169 Å². The third kappa shape index (κ3) is 5.25. The fraction of sp³-hybridized carbons (Fsp3) is 0.217. The third-order valence-corrected chi connectivity index (χ3v) is 4.60. The van der Waals surface area contributed by atoms with Gasteiger partial charge in [0.2, 0.25) is 5.88 Å². The van der Waals surface area contributed by atoms with Gasteiger partial charge in [-0.15, -0.1) is 0 Å². The summed E-state index contributed by atoms with van der Waals surface area (Å²) in [6, 6.07) is 20.6. The van der Waals surface area contributed by atoms with E-state index in [0.717, 1.165) is 12.2 Å². The lowest BCUT2D eigenvalue weighted by atomic mass is 9.97. The van der Waals surface area contributed by atoms with Gasteiger partial charge in [-0.1, -0.05) is 24.3 Å². The molecule has 29 heavy (non-hydrogen) atoms. The minimum Gasteiger partial charge on any atom is -0.493 e. The number of carbonyl (C=O) groups excluding carboxylic acids is 1. The van der Waals surface area contributed by atoms with Gasteiger partial charge in [-0.2, -0.15) is 0 Å². The molecule has 4 rings (SSSR count). The van der Waals surface area contributed by atoms with Gasteiger partial charge < -0.3 is 19.5 Å². The second kappa shape index (κ2) is 9.10. The van der Waals surface area contributed by atoms with Crippen molar-refractivity contribution in [1.82, 2.24) is 10.3 Å². The van der Waals surface area contributed by atoms with Crippen molar-refractivity contribution in [2.45, 2.75) is 6.42 Å². The van der Waals surface area contributed by atoms with Crippen LogP contribution in [0.15, 0.2) is 72.9 Å². The fourth-order valence-corrected chi connectivity index (χ4v) is 3.11. The molecule has 0 aliphatic carbocycles. The Bertz CT molecular complexity index is 945. The molecular formula is C23H22N2O4. The highest BCUT2D eigenvalue weighted by Crippen LogP contribution is 2.26. The predicted octanol–water partition coefficient (Wildman–Crippen LogP) is 3.62. The quantitative estimate of drug-likeness (QED) is 0.667. The second-order valence-electron chi connectivity index (χ2n) is 6.82. The van der Waals surface area contributed by atoms with Crippen LogP contribution in [0.1, 0.15) is 5.56 Å². The molecule has 3 aromatic rings. The van der Waals surface area contributed by atoms with Crippen LogP contribution in [0, 0.1) is 5.92 Å². The summed E-state index contributed by atoms with van der Waals surface area (Å²) >= 11 is 0. The van der Waals surface area contributed by atoms with Crippen molar-refractivity contribution in [3.05, 3.63) is 78.5 Å². The minimum absolute atomic E-state index is 0.0371. The number of hydrogen-bond acceptors (Lipinski definition) is 5. The van der Waals surface area contributed by atoms with Crippen LogP contribution >= 0.6 is 0 Å². The lowest BCUT2D eigenvalue weighted by Gasteiger charge is -2.25. The molecule has 0 bridgehead atoms. The van der Waals surface area contributed by atoms with Crippen LogP contribution in [-0.4, -0.2) is 30.6 Å². The molecule has 0 saturated carbocycles. The van der Waals surface area contributed by atoms with Crippen LogP contribution in [0.2, 0.25) is 0 Å². The van der Waals surface area contributed by atoms with Crippen LogP contribution in [0.25, 0.3) is 0 Å². The summed E-state index contributed by atoms with van der Waals surface area (Å²) in [5.41, 5.74) is 1.18. The van der Waals surface area contributed by atoms with Crippen LogP contribution in [0.3, 0.4) is 0 Å². The molecule has 1 aromatic heterocycles. The summed E-state index contributed by atoms with van der Waals surface area (Å²) in [6.07, 6.45) is 2.57. The zero-order valence-electron chi connectivity index (χ0n) is 15.9. The Morgan fingerprint density at radius 2 is 1.83 bits per heavy atom. The number of fused-ring (bicyclic) bond motifs is 1. The van der Waals surface area contributed by atoms with Gasteiger partial charge in [0, 0.05) is 24.7 Å².